The molecule has 0 aliphatic rings. The van der Waals surface area contributed by atoms with Crippen molar-refractivity contribution in [2.45, 2.75) is 39.7 Å². The van der Waals surface area contributed by atoms with Crippen LogP contribution in [0.1, 0.15) is 39.3 Å². The Hall–Kier alpha value is -0.890. The second-order valence-electron chi connectivity index (χ2n) is 4.37. The Balaban J connectivity index is 2.76. The third-order valence-electron chi connectivity index (χ3n) is 2.85. The normalized spacial score (nSPS) is 15.3. The molecule has 0 aliphatic carbocycles. The third kappa shape index (κ3) is 3.31. The molecule has 84 valence electrons. The van der Waals surface area contributed by atoms with E-state index in [1.54, 1.807) is 0 Å². The van der Waals surface area contributed by atoms with Gasteiger partial charge in [0.1, 0.15) is 0 Å². The van der Waals surface area contributed by atoms with Crippen molar-refractivity contribution in [3.8, 4) is 0 Å². The van der Waals surface area contributed by atoms with Gasteiger partial charge in [0.05, 0.1) is 0 Å². The van der Waals surface area contributed by atoms with Crippen LogP contribution in [0.4, 0.5) is 0 Å². The van der Waals surface area contributed by atoms with Crippen molar-refractivity contribution in [1.82, 2.24) is 10.3 Å². The minimum absolute atomic E-state index is 0.464. The first-order valence-electron chi connectivity index (χ1n) is 5.81. The SMILES string of the molecule is CCNC(C(C)C)C(C)c1ccccn1. The van der Waals surface area contributed by atoms with Gasteiger partial charge in [0.25, 0.3) is 0 Å². The topological polar surface area (TPSA) is 24.9 Å². The fraction of sp³-hybridized carbons (Fsp3) is 0.615. The molecule has 1 aromatic heterocycles. The molecule has 0 saturated heterocycles. The molecule has 2 atom stereocenters. The van der Waals surface area contributed by atoms with Crippen LogP contribution in [0.15, 0.2) is 24.4 Å². The van der Waals surface area contributed by atoms with Crippen molar-refractivity contribution in [1.29, 1.82) is 0 Å². The van der Waals surface area contributed by atoms with E-state index in [9.17, 15) is 0 Å². The zero-order valence-corrected chi connectivity index (χ0v) is 10.2. The van der Waals surface area contributed by atoms with E-state index in [4.69, 9.17) is 0 Å². The van der Waals surface area contributed by atoms with E-state index in [2.05, 4.69) is 50.1 Å². The van der Waals surface area contributed by atoms with E-state index in [0.29, 0.717) is 17.9 Å². The van der Waals surface area contributed by atoms with Gasteiger partial charge in [0.15, 0.2) is 0 Å². The summed E-state index contributed by atoms with van der Waals surface area (Å²) in [4.78, 5) is 4.42. The summed E-state index contributed by atoms with van der Waals surface area (Å²) in [6, 6.07) is 6.64. The first-order valence-corrected chi connectivity index (χ1v) is 5.81. The summed E-state index contributed by atoms with van der Waals surface area (Å²) in [5.41, 5.74) is 1.18. The van der Waals surface area contributed by atoms with Gasteiger partial charge in [-0.1, -0.05) is 33.8 Å². The van der Waals surface area contributed by atoms with Crippen LogP contribution in [-0.2, 0) is 0 Å². The molecule has 2 heteroatoms. The predicted molar refractivity (Wildman–Crippen MR) is 65.0 cm³/mol. The number of likely N-dealkylation sites (N-methyl/N-ethyl adjacent to an activating group) is 1. The van der Waals surface area contributed by atoms with Gasteiger partial charge in [-0.3, -0.25) is 4.98 Å². The minimum atomic E-state index is 0.464. The Morgan fingerprint density at radius 3 is 2.47 bits per heavy atom. The Labute approximate surface area is 93.1 Å². The Bertz CT molecular complexity index is 269. The third-order valence-corrected chi connectivity index (χ3v) is 2.85. The lowest BCUT2D eigenvalue weighted by Crippen LogP contribution is -2.38. The molecule has 0 radical (unpaired) electrons. The van der Waals surface area contributed by atoms with E-state index >= 15 is 0 Å². The molecule has 0 bridgehead atoms. The second kappa shape index (κ2) is 5.86. The maximum absolute atomic E-state index is 4.42. The minimum Gasteiger partial charge on any atom is -0.313 e. The lowest BCUT2D eigenvalue weighted by molar-refractivity contribution is 0.356. The van der Waals surface area contributed by atoms with Crippen LogP contribution >= 0.6 is 0 Å². The molecule has 0 aromatic carbocycles. The summed E-state index contributed by atoms with van der Waals surface area (Å²) in [7, 11) is 0. The highest BCUT2D eigenvalue weighted by molar-refractivity contribution is 5.11. The molecule has 0 saturated carbocycles. The standard InChI is InChI=1S/C13H22N2/c1-5-14-13(10(2)3)11(4)12-8-6-7-9-15-12/h6-11,13-14H,5H2,1-4H3. The maximum Gasteiger partial charge on any atom is 0.0447 e. The van der Waals surface area contributed by atoms with Crippen LogP contribution in [0.2, 0.25) is 0 Å². The highest BCUT2D eigenvalue weighted by atomic mass is 14.9. The van der Waals surface area contributed by atoms with Gasteiger partial charge in [-0.05, 0) is 24.6 Å². The Morgan fingerprint density at radius 1 is 1.27 bits per heavy atom. The molecule has 2 nitrogen and oxygen atoms in total. The van der Waals surface area contributed by atoms with Crippen molar-refractivity contribution >= 4 is 0 Å². The van der Waals surface area contributed by atoms with Crippen LogP contribution in [0, 0.1) is 5.92 Å². The molecule has 0 fully saturated rings. The number of nitrogens with one attached hydrogen (secondary N) is 1. The number of pyridine rings is 1. The van der Waals surface area contributed by atoms with E-state index in [0.717, 1.165) is 6.54 Å². The molecular weight excluding hydrogens is 184 g/mol. The van der Waals surface area contributed by atoms with Gasteiger partial charge >= 0.3 is 0 Å². The lowest BCUT2D eigenvalue weighted by atomic mass is 9.89. The maximum atomic E-state index is 4.42. The highest BCUT2D eigenvalue weighted by Crippen LogP contribution is 2.21. The molecule has 1 heterocycles. The summed E-state index contributed by atoms with van der Waals surface area (Å²) < 4.78 is 0. The van der Waals surface area contributed by atoms with Crippen LogP contribution in [-0.4, -0.2) is 17.6 Å². The van der Waals surface area contributed by atoms with E-state index in [-0.39, 0.29) is 0 Å². The van der Waals surface area contributed by atoms with Gasteiger partial charge < -0.3 is 5.32 Å². The Morgan fingerprint density at radius 2 is 2.00 bits per heavy atom. The van der Waals surface area contributed by atoms with Crippen LogP contribution in [0.25, 0.3) is 0 Å². The van der Waals surface area contributed by atoms with E-state index < -0.39 is 0 Å². The fourth-order valence-electron chi connectivity index (χ4n) is 2.05. The molecule has 15 heavy (non-hydrogen) atoms. The first kappa shape index (κ1) is 12.2. The summed E-state index contributed by atoms with van der Waals surface area (Å²) in [6.07, 6.45) is 1.87. The molecule has 0 amide bonds. The van der Waals surface area contributed by atoms with Gasteiger partial charge in [-0.2, -0.15) is 0 Å². The number of nitrogens with zero attached hydrogens (tertiary/aromatic N) is 1. The average Bonchev–Trinajstić information content (AvgIpc) is 2.26. The predicted octanol–water partition coefficient (Wildman–Crippen LogP) is 2.82. The number of hydrogen-bond donors (Lipinski definition) is 1. The summed E-state index contributed by atoms with van der Waals surface area (Å²) >= 11 is 0. The first-order chi connectivity index (χ1) is 7.16. The van der Waals surface area contributed by atoms with Crippen molar-refractivity contribution in [3.05, 3.63) is 30.1 Å². The van der Waals surface area contributed by atoms with Crippen molar-refractivity contribution in [3.63, 3.8) is 0 Å². The van der Waals surface area contributed by atoms with E-state index in [1.807, 2.05) is 12.3 Å². The van der Waals surface area contributed by atoms with Gasteiger partial charge in [-0.15, -0.1) is 0 Å². The average molecular weight is 206 g/mol. The second-order valence-corrected chi connectivity index (χ2v) is 4.37. The number of rotatable bonds is 5. The largest absolute Gasteiger partial charge is 0.313 e. The van der Waals surface area contributed by atoms with Gasteiger partial charge in [0.2, 0.25) is 0 Å². The molecule has 1 aromatic rings. The lowest BCUT2D eigenvalue weighted by Gasteiger charge is -2.27. The molecule has 1 rings (SSSR count). The van der Waals surface area contributed by atoms with E-state index in [1.165, 1.54) is 5.69 Å². The summed E-state index contributed by atoms with van der Waals surface area (Å²) in [5.74, 6) is 1.09. The molecule has 0 spiro atoms. The van der Waals surface area contributed by atoms with Crippen LogP contribution in [0.3, 0.4) is 0 Å². The van der Waals surface area contributed by atoms with Crippen molar-refractivity contribution in [2.75, 3.05) is 6.54 Å². The summed E-state index contributed by atoms with van der Waals surface area (Å²) in [5, 5.41) is 3.54. The number of aromatic nitrogens is 1. The van der Waals surface area contributed by atoms with Gasteiger partial charge in [-0.25, -0.2) is 0 Å². The van der Waals surface area contributed by atoms with Crippen molar-refractivity contribution in [2.24, 2.45) is 5.92 Å². The quantitative estimate of drug-likeness (QED) is 0.801. The Kier molecular flexibility index (Phi) is 4.76. The molecule has 1 N–H and O–H groups in total. The molecular formula is C13H22N2. The number of hydrogen-bond acceptors (Lipinski definition) is 2. The van der Waals surface area contributed by atoms with Crippen molar-refractivity contribution < 1.29 is 0 Å². The highest BCUT2D eigenvalue weighted by Gasteiger charge is 2.21. The smallest absolute Gasteiger partial charge is 0.0447 e. The molecule has 0 aliphatic heterocycles. The van der Waals surface area contributed by atoms with Gasteiger partial charge in [0, 0.05) is 23.9 Å². The zero-order chi connectivity index (χ0) is 11.3. The fourth-order valence-corrected chi connectivity index (χ4v) is 2.05. The monoisotopic (exact) mass is 206 g/mol. The molecule has 2 unspecified atom stereocenters. The van der Waals surface area contributed by atoms with Crippen LogP contribution in [0.5, 0.6) is 0 Å². The van der Waals surface area contributed by atoms with Crippen LogP contribution < -0.4 is 5.32 Å². The zero-order valence-electron chi connectivity index (χ0n) is 10.2. The summed E-state index contributed by atoms with van der Waals surface area (Å²) in [6.45, 7) is 9.93.